The van der Waals surface area contributed by atoms with E-state index in [-0.39, 0.29) is 0 Å². The second kappa shape index (κ2) is 4.72. The molecule has 0 aliphatic carbocycles. The van der Waals surface area contributed by atoms with Crippen molar-refractivity contribution >= 4 is 6.29 Å². The van der Waals surface area contributed by atoms with E-state index in [1.807, 2.05) is 0 Å². The predicted molar refractivity (Wildman–Crippen MR) is 53.8 cm³/mol. The lowest BCUT2D eigenvalue weighted by molar-refractivity contribution is -0.110. The molecule has 13 heavy (non-hydrogen) atoms. The lowest BCUT2D eigenvalue weighted by Crippen LogP contribution is -2.54. The molecule has 0 aromatic carbocycles. The van der Waals surface area contributed by atoms with Gasteiger partial charge in [0, 0.05) is 25.7 Å². The van der Waals surface area contributed by atoms with Crippen LogP contribution in [0.15, 0.2) is 0 Å². The molecule has 1 saturated heterocycles. The number of likely N-dealkylation sites (N-methyl/N-ethyl adjacent to an activating group) is 1. The molecule has 1 rings (SSSR count). The van der Waals surface area contributed by atoms with E-state index in [2.05, 4.69) is 30.7 Å². The van der Waals surface area contributed by atoms with E-state index in [4.69, 9.17) is 0 Å². The Labute approximate surface area is 80.7 Å². The van der Waals surface area contributed by atoms with Crippen molar-refractivity contribution in [3.63, 3.8) is 0 Å². The number of aldehydes is 1. The highest BCUT2D eigenvalue weighted by atomic mass is 16.1. The number of rotatable bonds is 3. The fourth-order valence-electron chi connectivity index (χ4n) is 1.95. The lowest BCUT2D eigenvalue weighted by atomic mass is 10.00. The fraction of sp³-hybridized carbons (Fsp3) is 0.900. The topological polar surface area (TPSA) is 23.6 Å². The molecule has 0 aromatic heterocycles. The van der Waals surface area contributed by atoms with Crippen LogP contribution in [0.2, 0.25) is 0 Å². The van der Waals surface area contributed by atoms with Gasteiger partial charge in [-0.05, 0) is 13.0 Å². The quantitative estimate of drug-likeness (QED) is 0.595. The minimum Gasteiger partial charge on any atom is -0.304 e. The summed E-state index contributed by atoms with van der Waals surface area (Å²) in [4.78, 5) is 15.1. The summed E-state index contributed by atoms with van der Waals surface area (Å²) in [7, 11) is 2.15. The second-order valence-corrected chi connectivity index (χ2v) is 4.24. The Morgan fingerprint density at radius 3 is 2.69 bits per heavy atom. The van der Waals surface area contributed by atoms with Crippen LogP contribution >= 0.6 is 0 Å². The summed E-state index contributed by atoms with van der Waals surface area (Å²) < 4.78 is 0. The molecule has 76 valence electrons. The first kappa shape index (κ1) is 10.7. The zero-order valence-corrected chi connectivity index (χ0v) is 8.86. The third-order valence-electron chi connectivity index (χ3n) is 2.82. The second-order valence-electron chi connectivity index (χ2n) is 4.24. The first-order chi connectivity index (χ1) is 6.15. The minimum atomic E-state index is 0.545. The molecular weight excluding hydrogens is 164 g/mol. The van der Waals surface area contributed by atoms with Crippen molar-refractivity contribution in [1.82, 2.24) is 9.80 Å². The Kier molecular flexibility index (Phi) is 3.88. The van der Waals surface area contributed by atoms with Crippen molar-refractivity contribution in [3.05, 3.63) is 0 Å². The summed E-state index contributed by atoms with van der Waals surface area (Å²) in [6, 6.07) is 0.545. The van der Waals surface area contributed by atoms with Crippen LogP contribution in [0, 0.1) is 5.92 Å². The van der Waals surface area contributed by atoms with Crippen LogP contribution in [0.1, 0.15) is 13.8 Å². The molecule has 0 radical (unpaired) electrons. The molecule has 1 aliphatic heterocycles. The molecule has 0 spiro atoms. The third-order valence-corrected chi connectivity index (χ3v) is 2.82. The van der Waals surface area contributed by atoms with Gasteiger partial charge in [-0.25, -0.2) is 0 Å². The number of carbonyl (C=O) groups is 1. The first-order valence-electron chi connectivity index (χ1n) is 5.01. The van der Waals surface area contributed by atoms with E-state index in [0.717, 1.165) is 25.9 Å². The molecule has 0 N–H and O–H groups in total. The van der Waals surface area contributed by atoms with Gasteiger partial charge in [-0.15, -0.1) is 0 Å². The fourth-order valence-corrected chi connectivity index (χ4v) is 1.95. The van der Waals surface area contributed by atoms with Crippen molar-refractivity contribution in [2.45, 2.75) is 19.9 Å². The van der Waals surface area contributed by atoms with Gasteiger partial charge < -0.3 is 9.69 Å². The molecule has 0 aromatic rings. The number of piperazine rings is 1. The molecule has 3 nitrogen and oxygen atoms in total. The van der Waals surface area contributed by atoms with Gasteiger partial charge in [0.2, 0.25) is 0 Å². The summed E-state index contributed by atoms with van der Waals surface area (Å²) in [5, 5.41) is 0. The number of nitrogens with zero attached hydrogens (tertiary/aromatic N) is 2. The van der Waals surface area contributed by atoms with Gasteiger partial charge in [-0.3, -0.25) is 4.90 Å². The molecular formula is C10H20N2O. The Hall–Kier alpha value is -0.410. The summed E-state index contributed by atoms with van der Waals surface area (Å²) in [6.07, 6.45) is 1.01. The third kappa shape index (κ3) is 2.78. The smallest absolute Gasteiger partial charge is 0.133 e. The zero-order chi connectivity index (χ0) is 9.84. The number of carbonyl (C=O) groups excluding carboxylic acids is 1. The SMILES string of the molecule is CC(C)C1CN(C)CCN1CC=O. The molecule has 3 heteroatoms. The summed E-state index contributed by atoms with van der Waals surface area (Å²) in [5.74, 6) is 0.627. The van der Waals surface area contributed by atoms with Gasteiger partial charge in [0.15, 0.2) is 0 Å². The molecule has 0 amide bonds. The maximum Gasteiger partial charge on any atom is 0.133 e. The van der Waals surface area contributed by atoms with Crippen molar-refractivity contribution in [1.29, 1.82) is 0 Å². The largest absolute Gasteiger partial charge is 0.304 e. The van der Waals surface area contributed by atoms with Gasteiger partial charge in [0.1, 0.15) is 6.29 Å². The first-order valence-corrected chi connectivity index (χ1v) is 5.01. The van der Waals surface area contributed by atoms with Crippen molar-refractivity contribution in [2.75, 3.05) is 33.2 Å². The standard InChI is InChI=1S/C10H20N2O/c1-9(2)10-8-11(3)4-5-12(10)6-7-13/h7,9-10H,4-6,8H2,1-3H3. The molecule has 1 atom stereocenters. The van der Waals surface area contributed by atoms with Gasteiger partial charge >= 0.3 is 0 Å². The van der Waals surface area contributed by atoms with Crippen molar-refractivity contribution in [2.24, 2.45) is 5.92 Å². The van der Waals surface area contributed by atoms with Crippen LogP contribution in [0.5, 0.6) is 0 Å². The highest BCUT2D eigenvalue weighted by Gasteiger charge is 2.26. The van der Waals surface area contributed by atoms with Gasteiger partial charge in [0.25, 0.3) is 0 Å². The highest BCUT2D eigenvalue weighted by Crippen LogP contribution is 2.15. The van der Waals surface area contributed by atoms with Crippen LogP contribution in [0.25, 0.3) is 0 Å². The van der Waals surface area contributed by atoms with E-state index < -0.39 is 0 Å². The average Bonchev–Trinajstić information content (AvgIpc) is 2.08. The van der Waals surface area contributed by atoms with Crippen LogP contribution in [0.4, 0.5) is 0 Å². The van der Waals surface area contributed by atoms with E-state index in [9.17, 15) is 4.79 Å². The molecule has 0 saturated carbocycles. The zero-order valence-electron chi connectivity index (χ0n) is 8.86. The number of hydrogen-bond donors (Lipinski definition) is 0. The van der Waals surface area contributed by atoms with Gasteiger partial charge in [-0.2, -0.15) is 0 Å². The van der Waals surface area contributed by atoms with E-state index in [0.29, 0.717) is 18.5 Å². The normalized spacial score (nSPS) is 26.6. The predicted octanol–water partition coefficient (Wildman–Crippen LogP) is 0.457. The van der Waals surface area contributed by atoms with Gasteiger partial charge in [0.05, 0.1) is 6.54 Å². The lowest BCUT2D eigenvalue weighted by Gasteiger charge is -2.41. The van der Waals surface area contributed by atoms with Crippen molar-refractivity contribution < 1.29 is 4.79 Å². The van der Waals surface area contributed by atoms with Gasteiger partial charge in [-0.1, -0.05) is 13.8 Å². The Balaban J connectivity index is 2.54. The Morgan fingerprint density at radius 2 is 2.15 bits per heavy atom. The maximum absolute atomic E-state index is 10.5. The minimum absolute atomic E-state index is 0.545. The summed E-state index contributed by atoms with van der Waals surface area (Å²) in [5.41, 5.74) is 0. The van der Waals surface area contributed by atoms with E-state index >= 15 is 0 Å². The van der Waals surface area contributed by atoms with Crippen LogP contribution < -0.4 is 0 Å². The molecule has 1 aliphatic rings. The van der Waals surface area contributed by atoms with Crippen LogP contribution in [0.3, 0.4) is 0 Å². The Bertz CT molecular complexity index is 170. The molecule has 1 unspecified atom stereocenters. The van der Waals surface area contributed by atoms with E-state index in [1.165, 1.54) is 0 Å². The maximum atomic E-state index is 10.5. The summed E-state index contributed by atoms with van der Waals surface area (Å²) in [6.45, 7) is 8.24. The average molecular weight is 184 g/mol. The van der Waals surface area contributed by atoms with E-state index in [1.54, 1.807) is 0 Å². The summed E-state index contributed by atoms with van der Waals surface area (Å²) >= 11 is 0. The number of hydrogen-bond acceptors (Lipinski definition) is 3. The molecule has 1 fully saturated rings. The van der Waals surface area contributed by atoms with Crippen LogP contribution in [-0.2, 0) is 4.79 Å². The molecule has 1 heterocycles. The molecule has 0 bridgehead atoms. The Morgan fingerprint density at radius 1 is 1.46 bits per heavy atom. The highest BCUT2D eigenvalue weighted by molar-refractivity contribution is 5.52. The van der Waals surface area contributed by atoms with Crippen molar-refractivity contribution in [3.8, 4) is 0 Å². The monoisotopic (exact) mass is 184 g/mol. The van der Waals surface area contributed by atoms with Crippen LogP contribution in [-0.4, -0.2) is 55.4 Å².